The van der Waals surface area contributed by atoms with Crippen molar-refractivity contribution in [3.63, 3.8) is 0 Å². The Morgan fingerprint density at radius 1 is 1.40 bits per heavy atom. The van der Waals surface area contributed by atoms with E-state index in [-0.39, 0.29) is 18.3 Å². The molecule has 1 heterocycles. The second-order valence-electron chi connectivity index (χ2n) is 6.33. The maximum atomic E-state index is 14.5. The third-order valence-electron chi connectivity index (χ3n) is 4.60. The average Bonchev–Trinajstić information content (AvgIpc) is 3.05. The van der Waals surface area contributed by atoms with E-state index in [4.69, 9.17) is 11.6 Å². The van der Waals surface area contributed by atoms with Gasteiger partial charge in [0.1, 0.15) is 11.6 Å². The van der Waals surface area contributed by atoms with E-state index in [1.54, 1.807) is 0 Å². The summed E-state index contributed by atoms with van der Waals surface area (Å²) in [5.41, 5.74) is -0.475. The maximum absolute atomic E-state index is 14.5. The number of aryl methyl sites for hydroxylation is 1. The van der Waals surface area contributed by atoms with Gasteiger partial charge in [0.25, 0.3) is 5.91 Å². The second-order valence-corrected chi connectivity index (χ2v) is 6.60. The summed E-state index contributed by atoms with van der Waals surface area (Å²) in [6, 6.07) is 0.559. The average molecular weight is 377 g/mol. The van der Waals surface area contributed by atoms with E-state index in [0.717, 1.165) is 42.9 Å². The van der Waals surface area contributed by atoms with Gasteiger partial charge in [-0.05, 0) is 24.8 Å². The van der Waals surface area contributed by atoms with E-state index in [9.17, 15) is 18.4 Å². The highest BCUT2D eigenvalue weighted by molar-refractivity contribution is 6.27. The topological polar surface area (TPSA) is 76.0 Å². The Morgan fingerprint density at radius 2 is 2.08 bits per heavy atom. The smallest absolute Gasteiger partial charge is 0.353 e. The Hall–Kier alpha value is -1.70. The highest BCUT2D eigenvalue weighted by Crippen LogP contribution is 2.30. The van der Waals surface area contributed by atoms with Crippen LogP contribution in [-0.4, -0.2) is 40.1 Å². The fourth-order valence-electron chi connectivity index (χ4n) is 3.20. The van der Waals surface area contributed by atoms with E-state index in [1.165, 1.54) is 13.2 Å². The molecule has 2 N–H and O–H groups in total. The van der Waals surface area contributed by atoms with Crippen LogP contribution in [0.15, 0.2) is 12.3 Å². The molecule has 0 radical (unpaired) electrons. The molecule has 0 spiro atoms. The molecule has 1 saturated carbocycles. The van der Waals surface area contributed by atoms with Gasteiger partial charge in [-0.3, -0.25) is 14.3 Å². The predicted octanol–water partition coefficient (Wildman–Crippen LogP) is 1.93. The number of carbonyl (C=O) groups excluding carboxylic acids is 2. The Kier molecular flexibility index (Phi) is 6.75. The first-order valence-electron chi connectivity index (χ1n) is 8.36. The molecule has 0 bridgehead atoms. The first-order chi connectivity index (χ1) is 11.9. The lowest BCUT2D eigenvalue weighted by atomic mass is 9.83. The molecule has 1 fully saturated rings. The van der Waals surface area contributed by atoms with Gasteiger partial charge in [0.05, 0.1) is 0 Å². The van der Waals surface area contributed by atoms with E-state index in [2.05, 4.69) is 15.7 Å². The molecule has 140 valence electrons. The van der Waals surface area contributed by atoms with Crippen LogP contribution in [0.5, 0.6) is 0 Å². The summed E-state index contributed by atoms with van der Waals surface area (Å²) in [4.78, 5) is 23.6. The third-order valence-corrected chi connectivity index (χ3v) is 4.85. The van der Waals surface area contributed by atoms with E-state index < -0.39 is 29.5 Å². The molecule has 1 unspecified atom stereocenters. The van der Waals surface area contributed by atoms with Crippen molar-refractivity contribution >= 4 is 23.4 Å². The lowest BCUT2D eigenvalue weighted by molar-refractivity contribution is -0.149. The minimum atomic E-state index is -3.70. The van der Waals surface area contributed by atoms with Crippen LogP contribution in [0.25, 0.3) is 0 Å². The number of hydrogen-bond acceptors (Lipinski definition) is 3. The zero-order valence-corrected chi connectivity index (χ0v) is 14.9. The fraction of sp³-hybridized carbons (Fsp3) is 0.688. The van der Waals surface area contributed by atoms with Crippen LogP contribution in [-0.2, 0) is 22.6 Å². The standard InChI is InChI=1S/C16H23ClF2N4O2/c1-23-13(7-8-21-23)16(18,19)15(25)22-12(10-20-14(24)9-17)11-5-3-2-4-6-11/h7-8,11-12H,2-6,9-10H2,1H3,(H,20,24)(H,22,25). The number of nitrogens with zero attached hydrogens (tertiary/aromatic N) is 2. The third kappa shape index (κ3) is 4.90. The molecule has 25 heavy (non-hydrogen) atoms. The molecular weight excluding hydrogens is 354 g/mol. The Balaban J connectivity index is 2.09. The van der Waals surface area contributed by atoms with Crippen LogP contribution < -0.4 is 10.6 Å². The summed E-state index contributed by atoms with van der Waals surface area (Å²) < 4.78 is 29.9. The lowest BCUT2D eigenvalue weighted by Gasteiger charge is -2.32. The van der Waals surface area contributed by atoms with Crippen molar-refractivity contribution in [2.24, 2.45) is 13.0 Å². The number of carbonyl (C=O) groups is 2. The molecule has 0 saturated heterocycles. The van der Waals surface area contributed by atoms with Crippen molar-refractivity contribution in [1.82, 2.24) is 20.4 Å². The molecule has 2 amide bonds. The van der Waals surface area contributed by atoms with E-state index in [1.807, 2.05) is 0 Å². The van der Waals surface area contributed by atoms with Crippen molar-refractivity contribution in [3.05, 3.63) is 18.0 Å². The Morgan fingerprint density at radius 3 is 2.64 bits per heavy atom. The van der Waals surface area contributed by atoms with E-state index in [0.29, 0.717) is 0 Å². The van der Waals surface area contributed by atoms with Crippen LogP contribution in [0.4, 0.5) is 8.78 Å². The van der Waals surface area contributed by atoms with Gasteiger partial charge in [-0.1, -0.05) is 19.3 Å². The highest BCUT2D eigenvalue weighted by Gasteiger charge is 2.44. The van der Waals surface area contributed by atoms with Crippen molar-refractivity contribution in [2.75, 3.05) is 12.4 Å². The normalized spacial score (nSPS) is 17.1. The summed E-state index contributed by atoms with van der Waals surface area (Å²) >= 11 is 5.46. The van der Waals surface area contributed by atoms with Gasteiger partial charge in [-0.2, -0.15) is 13.9 Å². The number of rotatable bonds is 7. The first kappa shape index (κ1) is 19.6. The van der Waals surface area contributed by atoms with Crippen LogP contribution in [0.1, 0.15) is 37.8 Å². The number of hydrogen-bond donors (Lipinski definition) is 2. The first-order valence-corrected chi connectivity index (χ1v) is 8.89. The number of alkyl halides is 3. The van der Waals surface area contributed by atoms with Gasteiger partial charge in [-0.25, -0.2) is 0 Å². The molecule has 6 nitrogen and oxygen atoms in total. The molecule has 1 aromatic rings. The summed E-state index contributed by atoms with van der Waals surface area (Å²) in [6.07, 6.45) is 5.95. The van der Waals surface area contributed by atoms with Gasteiger partial charge in [0, 0.05) is 25.8 Å². The molecule has 1 aromatic heterocycles. The van der Waals surface area contributed by atoms with Crippen molar-refractivity contribution in [1.29, 1.82) is 0 Å². The lowest BCUT2D eigenvalue weighted by Crippen LogP contribution is -2.52. The van der Waals surface area contributed by atoms with Crippen LogP contribution in [0.3, 0.4) is 0 Å². The largest absolute Gasteiger partial charge is 0.365 e. The Labute approximate surface area is 150 Å². The molecular formula is C16H23ClF2N4O2. The van der Waals surface area contributed by atoms with Crippen molar-refractivity contribution in [3.8, 4) is 0 Å². The quantitative estimate of drug-likeness (QED) is 0.714. The van der Waals surface area contributed by atoms with E-state index >= 15 is 0 Å². The second kappa shape index (κ2) is 8.60. The van der Waals surface area contributed by atoms with Crippen molar-refractivity contribution < 1.29 is 18.4 Å². The summed E-state index contributed by atoms with van der Waals surface area (Å²) in [5.74, 6) is -5.64. The molecule has 1 aliphatic rings. The van der Waals surface area contributed by atoms with Crippen LogP contribution in [0.2, 0.25) is 0 Å². The van der Waals surface area contributed by atoms with Crippen molar-refractivity contribution in [2.45, 2.75) is 44.1 Å². The maximum Gasteiger partial charge on any atom is 0.365 e. The Bertz CT molecular complexity index is 603. The van der Waals surface area contributed by atoms with Gasteiger partial charge < -0.3 is 10.6 Å². The van der Waals surface area contributed by atoms with Crippen LogP contribution in [0, 0.1) is 5.92 Å². The summed E-state index contributed by atoms with van der Waals surface area (Å²) in [7, 11) is 1.36. The number of amides is 2. The summed E-state index contributed by atoms with van der Waals surface area (Å²) in [5, 5.41) is 8.71. The zero-order chi connectivity index (χ0) is 18.4. The molecule has 9 heteroatoms. The minimum absolute atomic E-state index is 0.0515. The highest BCUT2D eigenvalue weighted by atomic mass is 35.5. The minimum Gasteiger partial charge on any atom is -0.353 e. The SMILES string of the molecule is Cn1nccc1C(F)(F)C(=O)NC(CNC(=O)CCl)C1CCCCC1. The number of aromatic nitrogens is 2. The zero-order valence-electron chi connectivity index (χ0n) is 14.1. The number of nitrogens with one attached hydrogen (secondary N) is 2. The van der Waals surface area contributed by atoms with Gasteiger partial charge in [-0.15, -0.1) is 11.6 Å². The molecule has 0 aliphatic heterocycles. The van der Waals surface area contributed by atoms with Crippen LogP contribution >= 0.6 is 11.6 Å². The molecule has 0 aromatic carbocycles. The van der Waals surface area contributed by atoms with Gasteiger partial charge in [0.15, 0.2) is 0 Å². The monoisotopic (exact) mass is 376 g/mol. The molecule has 2 rings (SSSR count). The number of halogens is 3. The summed E-state index contributed by atoms with van der Waals surface area (Å²) in [6.45, 7) is 0.0867. The fourth-order valence-corrected chi connectivity index (χ4v) is 3.29. The molecule has 1 atom stereocenters. The van der Waals surface area contributed by atoms with Gasteiger partial charge in [0.2, 0.25) is 5.91 Å². The van der Waals surface area contributed by atoms with Gasteiger partial charge >= 0.3 is 5.92 Å². The predicted molar refractivity (Wildman–Crippen MR) is 89.3 cm³/mol. The molecule has 1 aliphatic carbocycles.